The molecule has 0 radical (unpaired) electrons. The monoisotopic (exact) mass is 408 g/mol. The lowest BCUT2D eigenvalue weighted by Gasteiger charge is -2.37. The Morgan fingerprint density at radius 2 is 1.77 bits per heavy atom. The minimum absolute atomic E-state index is 0.00207. The van der Waals surface area contributed by atoms with Crippen molar-refractivity contribution in [3.63, 3.8) is 0 Å². The van der Waals surface area contributed by atoms with Crippen molar-refractivity contribution < 1.29 is 9.15 Å². The van der Waals surface area contributed by atoms with E-state index < -0.39 is 6.23 Å². The zero-order valence-electron chi connectivity index (χ0n) is 17.0. The molecule has 6 rings (SSSR count). The van der Waals surface area contributed by atoms with Gasteiger partial charge in [0.2, 0.25) is 11.7 Å². The number of benzene rings is 3. The molecule has 3 aromatic carbocycles. The highest BCUT2D eigenvalue weighted by atomic mass is 16.5. The summed E-state index contributed by atoms with van der Waals surface area (Å²) >= 11 is 0. The average molecular weight is 408 g/mol. The topological polar surface area (TPSA) is 55.0 Å². The summed E-state index contributed by atoms with van der Waals surface area (Å²) in [5.74, 6) is 0.780. The summed E-state index contributed by atoms with van der Waals surface area (Å²) in [6.07, 6.45) is 1.62. The van der Waals surface area contributed by atoms with Crippen molar-refractivity contribution in [1.82, 2.24) is 5.01 Å². The molecule has 2 aliphatic heterocycles. The van der Waals surface area contributed by atoms with E-state index in [0.29, 0.717) is 16.5 Å². The smallest absolute Gasteiger partial charge is 0.220 e. The SMILES string of the molecule is Cc1ccc2occ(C3Oc4ccccc4C4CC(c5ccccc5)=NN43)c(=O)c2c1. The van der Waals surface area contributed by atoms with Crippen molar-refractivity contribution in [1.29, 1.82) is 0 Å². The second kappa shape index (κ2) is 6.84. The second-order valence-electron chi connectivity index (χ2n) is 8.04. The zero-order chi connectivity index (χ0) is 20.9. The highest BCUT2D eigenvalue weighted by Gasteiger charge is 2.42. The van der Waals surface area contributed by atoms with Gasteiger partial charge in [-0.25, -0.2) is 5.01 Å². The van der Waals surface area contributed by atoms with Crippen LogP contribution >= 0.6 is 0 Å². The Morgan fingerprint density at radius 1 is 0.968 bits per heavy atom. The van der Waals surface area contributed by atoms with Crippen molar-refractivity contribution in [3.05, 3.63) is 112 Å². The van der Waals surface area contributed by atoms with Crippen LogP contribution in [0.3, 0.4) is 0 Å². The first-order valence-corrected chi connectivity index (χ1v) is 10.4. The minimum atomic E-state index is -0.651. The van der Waals surface area contributed by atoms with Crippen LogP contribution in [0.2, 0.25) is 0 Å². The van der Waals surface area contributed by atoms with E-state index in [1.54, 1.807) is 0 Å². The van der Waals surface area contributed by atoms with Gasteiger partial charge >= 0.3 is 0 Å². The number of hydrazone groups is 1. The van der Waals surface area contributed by atoms with Gasteiger partial charge in [-0.05, 0) is 30.7 Å². The quantitative estimate of drug-likeness (QED) is 0.449. The maximum Gasteiger partial charge on any atom is 0.220 e. The van der Waals surface area contributed by atoms with Gasteiger partial charge in [0.15, 0.2) is 0 Å². The fraction of sp³-hybridized carbons (Fsp3) is 0.154. The molecule has 5 nitrogen and oxygen atoms in total. The molecule has 0 aliphatic carbocycles. The molecule has 2 atom stereocenters. The number of para-hydroxylation sites is 1. The summed E-state index contributed by atoms with van der Waals surface area (Å²) in [5.41, 5.74) is 5.09. The molecule has 31 heavy (non-hydrogen) atoms. The molecule has 4 aromatic rings. The number of nitrogens with zero attached hydrogens (tertiary/aromatic N) is 2. The summed E-state index contributed by atoms with van der Waals surface area (Å²) in [4.78, 5) is 13.4. The van der Waals surface area contributed by atoms with Crippen LogP contribution in [-0.2, 0) is 0 Å². The molecule has 0 N–H and O–H groups in total. The van der Waals surface area contributed by atoms with Crippen molar-refractivity contribution in [2.75, 3.05) is 0 Å². The van der Waals surface area contributed by atoms with Crippen LogP contribution in [0.5, 0.6) is 5.75 Å². The largest absolute Gasteiger partial charge is 0.464 e. The molecule has 0 saturated heterocycles. The molecular weight excluding hydrogens is 388 g/mol. The van der Waals surface area contributed by atoms with Crippen LogP contribution in [0, 0.1) is 6.92 Å². The lowest BCUT2D eigenvalue weighted by molar-refractivity contribution is -0.0205. The van der Waals surface area contributed by atoms with Crippen LogP contribution in [0.15, 0.2) is 93.4 Å². The number of hydrogen-bond donors (Lipinski definition) is 0. The third-order valence-corrected chi connectivity index (χ3v) is 6.03. The molecular formula is C26H20N2O3. The molecule has 5 heteroatoms. The summed E-state index contributed by atoms with van der Waals surface area (Å²) < 4.78 is 12.2. The molecule has 0 fully saturated rings. The molecule has 2 aliphatic rings. The first-order chi connectivity index (χ1) is 15.2. The zero-order valence-corrected chi connectivity index (χ0v) is 17.0. The van der Waals surface area contributed by atoms with E-state index in [9.17, 15) is 4.79 Å². The fourth-order valence-corrected chi connectivity index (χ4v) is 4.47. The number of ether oxygens (including phenoxy) is 1. The highest BCUT2D eigenvalue weighted by molar-refractivity contribution is 6.01. The number of rotatable bonds is 2. The summed E-state index contributed by atoms with van der Waals surface area (Å²) in [6, 6.07) is 23.7. The van der Waals surface area contributed by atoms with Gasteiger partial charge in [-0.2, -0.15) is 5.10 Å². The van der Waals surface area contributed by atoms with Crippen molar-refractivity contribution in [2.24, 2.45) is 5.10 Å². The predicted molar refractivity (Wildman–Crippen MR) is 119 cm³/mol. The van der Waals surface area contributed by atoms with Gasteiger partial charge in [0.1, 0.15) is 17.6 Å². The van der Waals surface area contributed by atoms with Gasteiger partial charge in [-0.1, -0.05) is 60.2 Å². The van der Waals surface area contributed by atoms with E-state index in [1.807, 2.05) is 66.5 Å². The molecule has 3 heterocycles. The number of fused-ring (bicyclic) bond motifs is 4. The van der Waals surface area contributed by atoms with E-state index in [2.05, 4.69) is 18.2 Å². The highest BCUT2D eigenvalue weighted by Crippen LogP contribution is 2.47. The molecule has 0 spiro atoms. The van der Waals surface area contributed by atoms with Gasteiger partial charge < -0.3 is 9.15 Å². The lowest BCUT2D eigenvalue weighted by Crippen LogP contribution is -2.36. The molecule has 0 saturated carbocycles. The Kier molecular flexibility index (Phi) is 3.96. The first-order valence-electron chi connectivity index (χ1n) is 10.4. The maximum atomic E-state index is 13.4. The number of hydrogen-bond acceptors (Lipinski definition) is 5. The van der Waals surface area contributed by atoms with Crippen LogP contribution in [0.1, 0.15) is 40.9 Å². The van der Waals surface area contributed by atoms with E-state index in [1.165, 1.54) is 6.26 Å². The van der Waals surface area contributed by atoms with Gasteiger partial charge in [-0.3, -0.25) is 4.79 Å². The Bertz CT molecular complexity index is 1390. The van der Waals surface area contributed by atoms with Gasteiger partial charge in [0.05, 0.1) is 22.7 Å². The first kappa shape index (κ1) is 18.0. The minimum Gasteiger partial charge on any atom is -0.464 e. The Morgan fingerprint density at radius 3 is 2.65 bits per heavy atom. The standard InChI is InChI=1S/C26H20N2O3/c1-16-11-12-23-19(13-16)25(29)20(15-30-23)26-28-22(18-9-5-6-10-24(18)31-26)14-21(27-28)17-7-3-2-4-8-17/h2-13,15,22,26H,14H2,1H3. The van der Waals surface area contributed by atoms with Crippen LogP contribution in [-0.4, -0.2) is 10.7 Å². The van der Waals surface area contributed by atoms with Crippen LogP contribution in [0.4, 0.5) is 0 Å². The average Bonchev–Trinajstić information content (AvgIpc) is 3.26. The normalized spacial score (nSPS) is 19.5. The fourth-order valence-electron chi connectivity index (χ4n) is 4.47. The summed E-state index contributed by atoms with van der Waals surface area (Å²) in [5, 5.41) is 7.39. The molecule has 2 unspecified atom stereocenters. The molecule has 152 valence electrons. The van der Waals surface area contributed by atoms with Gasteiger partial charge in [0.25, 0.3) is 0 Å². The van der Waals surface area contributed by atoms with E-state index in [4.69, 9.17) is 14.3 Å². The van der Waals surface area contributed by atoms with Gasteiger partial charge in [-0.15, -0.1) is 0 Å². The van der Waals surface area contributed by atoms with Gasteiger partial charge in [0, 0.05) is 12.0 Å². The van der Waals surface area contributed by atoms with E-state index >= 15 is 0 Å². The second-order valence-corrected chi connectivity index (χ2v) is 8.04. The number of aryl methyl sites for hydroxylation is 1. The van der Waals surface area contributed by atoms with Crippen LogP contribution < -0.4 is 10.2 Å². The summed E-state index contributed by atoms with van der Waals surface area (Å²) in [7, 11) is 0. The third-order valence-electron chi connectivity index (χ3n) is 6.03. The van der Waals surface area contributed by atoms with Crippen molar-refractivity contribution in [2.45, 2.75) is 25.6 Å². The molecule has 1 aromatic heterocycles. The lowest BCUT2D eigenvalue weighted by atomic mass is 9.96. The van der Waals surface area contributed by atoms with E-state index in [0.717, 1.165) is 34.6 Å². The Hall–Kier alpha value is -3.86. The van der Waals surface area contributed by atoms with Crippen molar-refractivity contribution >= 4 is 16.7 Å². The Balaban J connectivity index is 1.52. The third kappa shape index (κ3) is 2.85. The van der Waals surface area contributed by atoms with E-state index in [-0.39, 0.29) is 11.5 Å². The molecule has 0 bridgehead atoms. The van der Waals surface area contributed by atoms with Crippen LogP contribution in [0.25, 0.3) is 11.0 Å². The van der Waals surface area contributed by atoms with Crippen molar-refractivity contribution in [3.8, 4) is 5.75 Å². The maximum absolute atomic E-state index is 13.4. The Labute approximate surface area is 179 Å². The summed E-state index contributed by atoms with van der Waals surface area (Å²) in [6.45, 7) is 1.96. The predicted octanol–water partition coefficient (Wildman–Crippen LogP) is 5.34. The molecule has 0 amide bonds.